The van der Waals surface area contributed by atoms with E-state index in [4.69, 9.17) is 0 Å². The molecular weight excluding hydrogens is 192 g/mol. The van der Waals surface area contributed by atoms with Gasteiger partial charge in [0.05, 0.1) is 0 Å². The molecule has 2 aliphatic carbocycles. The van der Waals surface area contributed by atoms with Gasteiger partial charge in [0, 0.05) is 0 Å². The summed E-state index contributed by atoms with van der Waals surface area (Å²) in [7, 11) is 0. The molecule has 0 N–H and O–H groups in total. The van der Waals surface area contributed by atoms with Gasteiger partial charge in [-0.2, -0.15) is 0 Å². The minimum atomic E-state index is 1.06. The van der Waals surface area contributed by atoms with E-state index in [1.165, 1.54) is 77.0 Å². The fourth-order valence-electron chi connectivity index (χ4n) is 3.43. The van der Waals surface area contributed by atoms with Crippen LogP contribution < -0.4 is 0 Å². The van der Waals surface area contributed by atoms with Crippen molar-refractivity contribution in [2.45, 2.75) is 77.0 Å². The highest BCUT2D eigenvalue weighted by Crippen LogP contribution is 2.31. The third-order valence-corrected chi connectivity index (χ3v) is 4.58. The van der Waals surface area contributed by atoms with Gasteiger partial charge in [-0.3, -0.25) is 0 Å². The van der Waals surface area contributed by atoms with Crippen LogP contribution in [0.3, 0.4) is 0 Å². The van der Waals surface area contributed by atoms with Crippen molar-refractivity contribution in [1.29, 1.82) is 0 Å². The Morgan fingerprint density at radius 2 is 1.12 bits per heavy atom. The smallest absolute Gasteiger partial charge is 0.0386 e. The molecule has 0 nitrogen and oxygen atoms in total. The van der Waals surface area contributed by atoms with Crippen LogP contribution in [0.5, 0.6) is 0 Å². The maximum absolute atomic E-state index is 2.51. The summed E-state index contributed by atoms with van der Waals surface area (Å²) in [4.78, 5) is 0. The first-order valence-corrected chi connectivity index (χ1v) is 7.58. The molecule has 2 rings (SSSR count). The zero-order chi connectivity index (χ0) is 11.1. The molecule has 2 aliphatic rings. The van der Waals surface area contributed by atoms with Crippen molar-refractivity contribution in [3.63, 3.8) is 0 Å². The van der Waals surface area contributed by atoms with Crippen LogP contribution in [0.2, 0.25) is 0 Å². The lowest BCUT2D eigenvalue weighted by molar-refractivity contribution is 0.343. The van der Waals surface area contributed by atoms with Crippen LogP contribution in [0.1, 0.15) is 77.0 Å². The van der Waals surface area contributed by atoms with E-state index in [1.807, 2.05) is 0 Å². The molecule has 0 aromatic carbocycles. The Kier molecular flexibility index (Phi) is 5.72. The summed E-state index contributed by atoms with van der Waals surface area (Å²) in [6, 6.07) is 0. The summed E-state index contributed by atoms with van der Waals surface area (Å²) in [6.07, 6.45) is 22.5. The summed E-state index contributed by atoms with van der Waals surface area (Å²) in [5.74, 6) is 2.12. The summed E-state index contributed by atoms with van der Waals surface area (Å²) in [5.41, 5.74) is 0. The average Bonchev–Trinajstić information content (AvgIpc) is 2.71. The van der Waals surface area contributed by atoms with Crippen LogP contribution in [0.4, 0.5) is 0 Å². The SMILES string of the molecule is [CH]1CCCC(CCC2CC[CH]CCC2)CC1. The third kappa shape index (κ3) is 4.47. The van der Waals surface area contributed by atoms with Crippen LogP contribution in [-0.4, -0.2) is 0 Å². The molecule has 0 bridgehead atoms. The highest BCUT2D eigenvalue weighted by atomic mass is 14.2. The molecule has 92 valence electrons. The van der Waals surface area contributed by atoms with E-state index >= 15 is 0 Å². The Balaban J connectivity index is 1.64. The molecule has 0 heteroatoms. The van der Waals surface area contributed by atoms with Crippen molar-refractivity contribution < 1.29 is 0 Å². The van der Waals surface area contributed by atoms with Crippen molar-refractivity contribution in [2.75, 3.05) is 0 Å². The van der Waals surface area contributed by atoms with Crippen LogP contribution in [0.25, 0.3) is 0 Å². The van der Waals surface area contributed by atoms with Crippen molar-refractivity contribution in [3.8, 4) is 0 Å². The maximum Gasteiger partial charge on any atom is -0.0386 e. The fourth-order valence-corrected chi connectivity index (χ4v) is 3.43. The molecule has 0 heterocycles. The minimum absolute atomic E-state index is 1.06. The molecule has 0 aromatic rings. The van der Waals surface area contributed by atoms with Crippen LogP contribution in [-0.2, 0) is 0 Å². The van der Waals surface area contributed by atoms with Gasteiger partial charge >= 0.3 is 0 Å². The summed E-state index contributed by atoms with van der Waals surface area (Å²) >= 11 is 0. The Bertz CT molecular complexity index is 137. The van der Waals surface area contributed by atoms with E-state index in [0.29, 0.717) is 0 Å². The van der Waals surface area contributed by atoms with Gasteiger partial charge in [0.15, 0.2) is 0 Å². The van der Waals surface area contributed by atoms with E-state index in [1.54, 1.807) is 0 Å². The second-order valence-corrected chi connectivity index (χ2v) is 5.90. The first kappa shape index (κ1) is 12.5. The lowest BCUT2D eigenvalue weighted by Gasteiger charge is -2.18. The largest absolute Gasteiger partial charge is 0.0528 e. The highest BCUT2D eigenvalue weighted by molar-refractivity contribution is 4.77. The first-order valence-electron chi connectivity index (χ1n) is 7.58. The van der Waals surface area contributed by atoms with Crippen LogP contribution in [0, 0.1) is 24.7 Å². The molecular formula is C16H28. The van der Waals surface area contributed by atoms with Crippen molar-refractivity contribution in [3.05, 3.63) is 12.8 Å². The molecule has 2 atom stereocenters. The fraction of sp³-hybridized carbons (Fsp3) is 0.875. The molecule has 2 fully saturated rings. The Labute approximate surface area is 102 Å². The summed E-state index contributed by atoms with van der Waals surface area (Å²) in [6.45, 7) is 0. The predicted octanol–water partition coefficient (Wildman–Crippen LogP) is 5.34. The summed E-state index contributed by atoms with van der Waals surface area (Å²) in [5, 5.41) is 0. The van der Waals surface area contributed by atoms with Gasteiger partial charge in [0.25, 0.3) is 0 Å². The lowest BCUT2D eigenvalue weighted by Crippen LogP contribution is -2.05. The van der Waals surface area contributed by atoms with Crippen molar-refractivity contribution in [1.82, 2.24) is 0 Å². The zero-order valence-electron chi connectivity index (χ0n) is 10.8. The number of rotatable bonds is 3. The van der Waals surface area contributed by atoms with Crippen LogP contribution >= 0.6 is 0 Å². The third-order valence-electron chi connectivity index (χ3n) is 4.58. The van der Waals surface area contributed by atoms with E-state index in [-0.39, 0.29) is 0 Å². The van der Waals surface area contributed by atoms with E-state index < -0.39 is 0 Å². The second kappa shape index (κ2) is 7.35. The monoisotopic (exact) mass is 220 g/mol. The van der Waals surface area contributed by atoms with Crippen molar-refractivity contribution in [2.24, 2.45) is 11.8 Å². The van der Waals surface area contributed by atoms with Gasteiger partial charge in [0.2, 0.25) is 0 Å². The molecule has 0 spiro atoms. The Morgan fingerprint density at radius 3 is 1.62 bits per heavy atom. The second-order valence-electron chi connectivity index (χ2n) is 5.90. The first-order chi connectivity index (χ1) is 7.95. The van der Waals surface area contributed by atoms with Gasteiger partial charge in [-0.05, 0) is 37.5 Å². The highest BCUT2D eigenvalue weighted by Gasteiger charge is 2.16. The Hall–Kier alpha value is 0. The van der Waals surface area contributed by atoms with Gasteiger partial charge in [-0.1, -0.05) is 64.2 Å². The van der Waals surface area contributed by atoms with E-state index in [2.05, 4.69) is 12.8 Å². The molecule has 0 saturated heterocycles. The average molecular weight is 220 g/mol. The molecule has 2 saturated carbocycles. The van der Waals surface area contributed by atoms with Crippen LogP contribution in [0.15, 0.2) is 0 Å². The quantitative estimate of drug-likeness (QED) is 0.563. The van der Waals surface area contributed by atoms with Gasteiger partial charge in [0.1, 0.15) is 0 Å². The molecule has 16 heavy (non-hydrogen) atoms. The van der Waals surface area contributed by atoms with E-state index in [0.717, 1.165) is 11.8 Å². The normalized spacial score (nSPS) is 26.2. The predicted molar refractivity (Wildman–Crippen MR) is 71.0 cm³/mol. The van der Waals surface area contributed by atoms with Gasteiger partial charge < -0.3 is 0 Å². The van der Waals surface area contributed by atoms with Crippen molar-refractivity contribution >= 4 is 0 Å². The molecule has 2 unspecified atom stereocenters. The van der Waals surface area contributed by atoms with Gasteiger partial charge in [-0.15, -0.1) is 0 Å². The summed E-state index contributed by atoms with van der Waals surface area (Å²) < 4.78 is 0. The Morgan fingerprint density at radius 1 is 0.625 bits per heavy atom. The lowest BCUT2D eigenvalue weighted by atomic mass is 9.87. The minimum Gasteiger partial charge on any atom is -0.0528 e. The maximum atomic E-state index is 2.51. The number of hydrogen-bond acceptors (Lipinski definition) is 0. The standard InChI is InChI=1S/C16H28/c1-2-6-10-15(9-5-1)13-14-16-11-7-3-4-8-12-16/h1,3,15-16H,2,4-14H2. The molecule has 0 amide bonds. The van der Waals surface area contributed by atoms with E-state index in [9.17, 15) is 0 Å². The molecule has 2 radical (unpaired) electrons. The topological polar surface area (TPSA) is 0 Å². The number of hydrogen-bond donors (Lipinski definition) is 0. The zero-order valence-corrected chi connectivity index (χ0v) is 10.8. The van der Waals surface area contributed by atoms with Gasteiger partial charge in [-0.25, -0.2) is 0 Å². The molecule has 0 aliphatic heterocycles. The molecule has 0 aromatic heterocycles.